The van der Waals surface area contributed by atoms with Crippen LogP contribution < -0.4 is 9.47 Å². The van der Waals surface area contributed by atoms with Crippen molar-refractivity contribution in [2.45, 2.75) is 33.6 Å². The summed E-state index contributed by atoms with van der Waals surface area (Å²) >= 11 is 0. The van der Waals surface area contributed by atoms with Gasteiger partial charge in [-0.1, -0.05) is 0 Å². The molecule has 0 N–H and O–H groups in total. The van der Waals surface area contributed by atoms with E-state index in [0.29, 0.717) is 36.6 Å². The fourth-order valence-electron chi connectivity index (χ4n) is 3.51. The third kappa shape index (κ3) is 3.70. The number of nitriles is 2. The molecule has 0 aliphatic carbocycles. The minimum absolute atomic E-state index is 0.364. The predicted molar refractivity (Wildman–Crippen MR) is 111 cm³/mol. The SMILES string of the molecule is CCOc1ncc(C)c2nc(C)c(CCC#N)c(-c3ccc(C#N)cc3OC)c12. The zero-order chi connectivity index (χ0) is 21.0. The van der Waals surface area contributed by atoms with E-state index in [4.69, 9.17) is 14.5 Å². The second-order valence-electron chi connectivity index (χ2n) is 6.64. The smallest absolute Gasteiger partial charge is 0.223 e. The number of benzene rings is 1. The Morgan fingerprint density at radius 3 is 2.62 bits per heavy atom. The molecule has 0 saturated heterocycles. The number of aryl methyl sites for hydroxylation is 2. The van der Waals surface area contributed by atoms with Crippen molar-refractivity contribution in [1.29, 1.82) is 10.5 Å². The van der Waals surface area contributed by atoms with E-state index in [9.17, 15) is 10.5 Å². The van der Waals surface area contributed by atoms with Gasteiger partial charge in [0.1, 0.15) is 5.75 Å². The first-order valence-corrected chi connectivity index (χ1v) is 9.42. The Balaban J connectivity index is 2.49. The molecule has 146 valence electrons. The number of nitrogens with zero attached hydrogens (tertiary/aromatic N) is 4. The monoisotopic (exact) mass is 386 g/mol. The number of hydrogen-bond acceptors (Lipinski definition) is 6. The molecule has 6 heteroatoms. The van der Waals surface area contributed by atoms with Crippen LogP contribution >= 0.6 is 0 Å². The number of methoxy groups -OCH3 is 1. The zero-order valence-corrected chi connectivity index (χ0v) is 17.0. The molecule has 0 unspecified atom stereocenters. The highest BCUT2D eigenvalue weighted by atomic mass is 16.5. The van der Waals surface area contributed by atoms with E-state index in [1.807, 2.05) is 26.8 Å². The summed E-state index contributed by atoms with van der Waals surface area (Å²) in [4.78, 5) is 9.33. The Kier molecular flexibility index (Phi) is 5.95. The summed E-state index contributed by atoms with van der Waals surface area (Å²) in [6.07, 6.45) is 2.67. The summed E-state index contributed by atoms with van der Waals surface area (Å²) < 4.78 is 11.5. The Bertz CT molecular complexity index is 1160. The molecule has 0 atom stereocenters. The van der Waals surface area contributed by atoms with E-state index in [2.05, 4.69) is 17.1 Å². The Morgan fingerprint density at radius 2 is 1.97 bits per heavy atom. The third-order valence-electron chi connectivity index (χ3n) is 4.84. The van der Waals surface area contributed by atoms with Crippen molar-refractivity contribution in [2.24, 2.45) is 0 Å². The van der Waals surface area contributed by atoms with Gasteiger partial charge in [-0.2, -0.15) is 10.5 Å². The molecule has 29 heavy (non-hydrogen) atoms. The Morgan fingerprint density at radius 1 is 1.17 bits per heavy atom. The minimum Gasteiger partial charge on any atom is -0.496 e. The summed E-state index contributed by atoms with van der Waals surface area (Å²) in [6, 6.07) is 9.72. The summed E-state index contributed by atoms with van der Waals surface area (Å²) in [6.45, 7) is 6.29. The van der Waals surface area contributed by atoms with E-state index in [1.54, 1.807) is 25.4 Å². The summed E-state index contributed by atoms with van der Waals surface area (Å²) in [5.41, 5.74) is 5.78. The van der Waals surface area contributed by atoms with Crippen molar-refractivity contribution >= 4 is 10.9 Å². The lowest BCUT2D eigenvalue weighted by Gasteiger charge is -2.20. The van der Waals surface area contributed by atoms with Crippen molar-refractivity contribution in [3.8, 4) is 34.9 Å². The average molecular weight is 386 g/mol. The fourth-order valence-corrected chi connectivity index (χ4v) is 3.51. The van der Waals surface area contributed by atoms with Crippen LogP contribution in [0.1, 0.15) is 35.7 Å². The Labute approximate surface area is 170 Å². The normalized spacial score (nSPS) is 10.4. The van der Waals surface area contributed by atoms with Crippen LogP contribution in [0, 0.1) is 36.5 Å². The van der Waals surface area contributed by atoms with Crippen LogP contribution in [0.4, 0.5) is 0 Å². The maximum atomic E-state index is 9.27. The molecule has 6 nitrogen and oxygen atoms in total. The first kappa shape index (κ1) is 20.1. The highest BCUT2D eigenvalue weighted by molar-refractivity contribution is 6.02. The minimum atomic E-state index is 0.364. The molecule has 2 aromatic heterocycles. The van der Waals surface area contributed by atoms with Gasteiger partial charge in [-0.05, 0) is 56.5 Å². The van der Waals surface area contributed by atoms with E-state index >= 15 is 0 Å². The molecule has 0 aliphatic rings. The van der Waals surface area contributed by atoms with Gasteiger partial charge in [0.05, 0.1) is 42.3 Å². The van der Waals surface area contributed by atoms with Gasteiger partial charge in [-0.3, -0.25) is 4.98 Å². The van der Waals surface area contributed by atoms with E-state index in [1.165, 1.54) is 0 Å². The molecular weight excluding hydrogens is 364 g/mol. The maximum absolute atomic E-state index is 9.27. The first-order chi connectivity index (χ1) is 14.0. The van der Waals surface area contributed by atoms with Crippen LogP contribution in [0.5, 0.6) is 11.6 Å². The van der Waals surface area contributed by atoms with Gasteiger partial charge >= 0.3 is 0 Å². The molecule has 0 radical (unpaired) electrons. The van der Waals surface area contributed by atoms with Gasteiger partial charge in [-0.25, -0.2) is 4.98 Å². The van der Waals surface area contributed by atoms with Gasteiger partial charge < -0.3 is 9.47 Å². The molecule has 3 aromatic rings. The maximum Gasteiger partial charge on any atom is 0.223 e. The topological polar surface area (TPSA) is 91.8 Å². The van der Waals surface area contributed by atoms with Crippen LogP contribution in [0.3, 0.4) is 0 Å². The second kappa shape index (κ2) is 8.58. The average Bonchev–Trinajstić information content (AvgIpc) is 2.74. The number of fused-ring (bicyclic) bond motifs is 1. The van der Waals surface area contributed by atoms with Gasteiger partial charge in [-0.15, -0.1) is 0 Å². The van der Waals surface area contributed by atoms with Crippen LogP contribution in [-0.2, 0) is 6.42 Å². The lowest BCUT2D eigenvalue weighted by Crippen LogP contribution is -2.05. The number of ether oxygens (including phenoxy) is 2. The molecule has 0 bridgehead atoms. The first-order valence-electron chi connectivity index (χ1n) is 9.42. The molecule has 2 heterocycles. The number of rotatable bonds is 6. The van der Waals surface area contributed by atoms with Crippen LogP contribution in [0.15, 0.2) is 24.4 Å². The quantitative estimate of drug-likeness (QED) is 0.612. The van der Waals surface area contributed by atoms with Gasteiger partial charge in [0.2, 0.25) is 5.88 Å². The number of hydrogen-bond donors (Lipinski definition) is 0. The number of aromatic nitrogens is 2. The van der Waals surface area contributed by atoms with Crippen molar-refractivity contribution in [3.63, 3.8) is 0 Å². The van der Waals surface area contributed by atoms with Crippen LogP contribution in [0.25, 0.3) is 22.0 Å². The molecule has 0 aliphatic heterocycles. The van der Waals surface area contributed by atoms with Gasteiger partial charge in [0.15, 0.2) is 0 Å². The number of pyridine rings is 2. The zero-order valence-electron chi connectivity index (χ0n) is 17.0. The van der Waals surface area contributed by atoms with E-state index in [-0.39, 0.29) is 0 Å². The molecule has 0 fully saturated rings. The summed E-state index contributed by atoms with van der Waals surface area (Å²) in [7, 11) is 1.58. The third-order valence-corrected chi connectivity index (χ3v) is 4.84. The van der Waals surface area contributed by atoms with Crippen molar-refractivity contribution < 1.29 is 9.47 Å². The highest BCUT2D eigenvalue weighted by Gasteiger charge is 2.22. The standard InChI is InChI=1S/C23H22N4O2/c1-5-29-23-21-20(18-9-8-16(12-25)11-19(18)28-4)17(7-6-10-24)15(3)27-22(21)14(2)13-26-23/h8-9,11,13H,5-7H2,1-4H3. The van der Waals surface area contributed by atoms with E-state index in [0.717, 1.165) is 38.9 Å². The van der Waals surface area contributed by atoms with Gasteiger partial charge in [0, 0.05) is 29.4 Å². The lowest BCUT2D eigenvalue weighted by molar-refractivity contribution is 0.331. The van der Waals surface area contributed by atoms with E-state index < -0.39 is 0 Å². The molecule has 1 aromatic carbocycles. The molecule has 3 rings (SSSR count). The summed E-state index contributed by atoms with van der Waals surface area (Å²) in [5, 5.41) is 19.3. The molecular formula is C23H22N4O2. The van der Waals surface area contributed by atoms with Crippen molar-refractivity contribution in [2.75, 3.05) is 13.7 Å². The summed E-state index contributed by atoms with van der Waals surface area (Å²) in [5.74, 6) is 1.08. The molecule has 0 amide bonds. The van der Waals surface area contributed by atoms with Crippen LogP contribution in [0.2, 0.25) is 0 Å². The van der Waals surface area contributed by atoms with Crippen LogP contribution in [-0.4, -0.2) is 23.7 Å². The lowest BCUT2D eigenvalue weighted by atomic mass is 9.90. The fraction of sp³-hybridized carbons (Fsp3) is 0.304. The molecule has 0 saturated carbocycles. The van der Waals surface area contributed by atoms with Crippen molar-refractivity contribution in [1.82, 2.24) is 9.97 Å². The Hall–Kier alpha value is -3.64. The largest absolute Gasteiger partial charge is 0.496 e. The molecule has 0 spiro atoms. The predicted octanol–water partition coefficient (Wildman–Crippen LogP) is 4.65. The second-order valence-corrected chi connectivity index (χ2v) is 6.64. The van der Waals surface area contributed by atoms with Crippen molar-refractivity contribution in [3.05, 3.63) is 46.8 Å². The highest BCUT2D eigenvalue weighted by Crippen LogP contribution is 2.42. The van der Waals surface area contributed by atoms with Gasteiger partial charge in [0.25, 0.3) is 0 Å².